The van der Waals surface area contributed by atoms with Gasteiger partial charge in [-0.05, 0) is 27.2 Å². The maximum absolute atomic E-state index is 11.7. The molecule has 16 heteroatoms. The first-order valence-electron chi connectivity index (χ1n) is 20.7. The van der Waals surface area contributed by atoms with Crippen LogP contribution in [0.5, 0.6) is 0 Å². The van der Waals surface area contributed by atoms with E-state index < -0.39 is 5.60 Å². The van der Waals surface area contributed by atoms with Crippen molar-refractivity contribution in [2.24, 2.45) is 0 Å². The average molecular weight is 815 g/mol. The maximum atomic E-state index is 11.7. The largest absolute Gasteiger partial charge is 0.463 e. The molecule has 0 atom stereocenters. The highest BCUT2D eigenvalue weighted by Gasteiger charge is 2.15. The van der Waals surface area contributed by atoms with Crippen LogP contribution in [0.25, 0.3) is 0 Å². The van der Waals surface area contributed by atoms with Crippen LogP contribution in [0.15, 0.2) is 0 Å². The first kappa shape index (κ1) is 54.5. The molecule has 0 saturated heterocycles. The Labute approximate surface area is 337 Å². The lowest BCUT2D eigenvalue weighted by Gasteiger charge is -2.19. The van der Waals surface area contributed by atoms with Gasteiger partial charge < -0.3 is 66.3 Å². The van der Waals surface area contributed by atoms with Crippen molar-refractivity contribution in [2.45, 2.75) is 84.7 Å². The Morgan fingerprint density at radius 2 is 0.589 bits per heavy atom. The van der Waals surface area contributed by atoms with Crippen molar-refractivity contribution in [3.8, 4) is 0 Å². The second-order valence-electron chi connectivity index (χ2n) is 13.4. The zero-order valence-electron chi connectivity index (χ0n) is 35.4. The third-order valence-corrected chi connectivity index (χ3v) is 7.19. The Hall–Kier alpha value is -1.54. The van der Waals surface area contributed by atoms with Gasteiger partial charge in [0.25, 0.3) is 0 Å². The predicted octanol–water partition coefficient (Wildman–Crippen LogP) is 4.21. The Balaban J connectivity index is 3.13. The van der Waals surface area contributed by atoms with E-state index in [1.807, 2.05) is 20.8 Å². The van der Waals surface area contributed by atoms with E-state index in [-0.39, 0.29) is 25.0 Å². The summed E-state index contributed by atoms with van der Waals surface area (Å²) in [6, 6.07) is 0. The van der Waals surface area contributed by atoms with Crippen molar-refractivity contribution in [3.05, 3.63) is 0 Å². The molecule has 0 bridgehead atoms. The minimum absolute atomic E-state index is 0.148. The van der Waals surface area contributed by atoms with Gasteiger partial charge in [0.15, 0.2) is 0 Å². The summed E-state index contributed by atoms with van der Waals surface area (Å²) >= 11 is 0. The topological polar surface area (TPSA) is 163 Å². The van der Waals surface area contributed by atoms with E-state index in [2.05, 4.69) is 6.92 Å². The van der Waals surface area contributed by atoms with E-state index in [0.29, 0.717) is 165 Å². The molecule has 0 aromatic heterocycles. The molecule has 0 saturated carbocycles. The van der Waals surface area contributed by atoms with Crippen LogP contribution in [-0.4, -0.2) is 183 Å². The number of hydrogen-bond acceptors (Lipinski definition) is 16. The van der Waals surface area contributed by atoms with Gasteiger partial charge in [-0.15, -0.1) is 0 Å². The minimum Gasteiger partial charge on any atom is -0.463 e. The number of carbonyl (C=O) groups excluding carboxylic acids is 2. The van der Waals surface area contributed by atoms with Crippen molar-refractivity contribution in [3.63, 3.8) is 0 Å². The van der Waals surface area contributed by atoms with Crippen LogP contribution >= 0.6 is 0 Å². The molecule has 0 aliphatic carbocycles. The van der Waals surface area contributed by atoms with Gasteiger partial charge in [-0.2, -0.15) is 0 Å². The van der Waals surface area contributed by atoms with Crippen LogP contribution < -0.4 is 0 Å². The molecule has 0 aromatic carbocycles. The van der Waals surface area contributed by atoms with E-state index >= 15 is 0 Å². The van der Waals surface area contributed by atoms with E-state index in [0.717, 1.165) is 12.8 Å². The lowest BCUT2D eigenvalue weighted by atomic mass is 10.1. The lowest BCUT2D eigenvalue weighted by Crippen LogP contribution is -2.24. The molecular weight excluding hydrogens is 736 g/mol. The quantitative estimate of drug-likeness (QED) is 0.0634. The summed E-state index contributed by atoms with van der Waals surface area (Å²) in [7, 11) is 0. The third-order valence-electron chi connectivity index (χ3n) is 7.19. The van der Waals surface area contributed by atoms with E-state index in [4.69, 9.17) is 66.3 Å². The molecule has 0 aliphatic rings. The normalized spacial score (nSPS) is 11.7. The monoisotopic (exact) mass is 815 g/mol. The van der Waals surface area contributed by atoms with Crippen molar-refractivity contribution >= 4 is 11.9 Å². The van der Waals surface area contributed by atoms with Crippen molar-refractivity contribution in [1.29, 1.82) is 0 Å². The van der Waals surface area contributed by atoms with Gasteiger partial charge in [0.05, 0.1) is 165 Å². The number of rotatable bonds is 46. The summed E-state index contributed by atoms with van der Waals surface area (Å²) in [5.41, 5.74) is -0.478. The van der Waals surface area contributed by atoms with Crippen LogP contribution in [-0.2, 0) is 75.9 Å². The highest BCUT2D eigenvalue weighted by atomic mass is 16.6. The molecule has 0 fully saturated rings. The van der Waals surface area contributed by atoms with Gasteiger partial charge >= 0.3 is 11.9 Å². The molecule has 0 heterocycles. The summed E-state index contributed by atoms with van der Waals surface area (Å²) < 4.78 is 76.0. The zero-order valence-corrected chi connectivity index (χ0v) is 35.4. The zero-order chi connectivity index (χ0) is 40.9. The molecule has 0 spiro atoms. The van der Waals surface area contributed by atoms with E-state index in [9.17, 15) is 9.59 Å². The van der Waals surface area contributed by atoms with Crippen molar-refractivity contribution in [2.75, 3.05) is 165 Å². The van der Waals surface area contributed by atoms with Crippen LogP contribution in [0.1, 0.15) is 79.1 Å². The molecule has 0 rings (SSSR count). The fourth-order valence-corrected chi connectivity index (χ4v) is 4.41. The molecule has 16 nitrogen and oxygen atoms in total. The Bertz CT molecular complexity index is 814. The summed E-state index contributed by atoms with van der Waals surface area (Å²) in [5.74, 6) is -0.416. The fraction of sp³-hybridized carbons (Fsp3) is 0.950. The number of ether oxygens (including phenoxy) is 14. The van der Waals surface area contributed by atoms with Gasteiger partial charge in [0.2, 0.25) is 0 Å². The number of unbranched alkanes of at least 4 members (excludes halogenated alkanes) is 5. The molecule has 0 aliphatic heterocycles. The molecular formula is C40H78O16. The first-order valence-corrected chi connectivity index (χ1v) is 20.7. The van der Waals surface area contributed by atoms with E-state index in [1.165, 1.54) is 25.7 Å². The van der Waals surface area contributed by atoms with Crippen molar-refractivity contribution < 1.29 is 75.9 Å². The predicted molar refractivity (Wildman–Crippen MR) is 209 cm³/mol. The standard InChI is InChI=1S/C40H78O16/c1-5-6-7-8-9-10-11-38(41)55-37-36-54-35-34-53-33-32-52-31-30-51-29-28-50-27-26-49-25-24-48-23-22-47-21-20-46-19-18-45-17-16-44-15-14-43-13-12-39(42)56-40(2,3)4/h5-37H2,1-4H3. The number of esters is 2. The summed E-state index contributed by atoms with van der Waals surface area (Å²) in [6.45, 7) is 19.1. The van der Waals surface area contributed by atoms with Gasteiger partial charge in [-0.3, -0.25) is 9.59 Å². The van der Waals surface area contributed by atoms with Crippen molar-refractivity contribution in [1.82, 2.24) is 0 Å². The van der Waals surface area contributed by atoms with Gasteiger partial charge in [-0.1, -0.05) is 39.0 Å². The summed E-state index contributed by atoms with van der Waals surface area (Å²) in [5, 5.41) is 0. The van der Waals surface area contributed by atoms with Crippen LogP contribution in [0, 0.1) is 0 Å². The second-order valence-corrected chi connectivity index (χ2v) is 13.4. The smallest absolute Gasteiger partial charge is 0.308 e. The van der Waals surface area contributed by atoms with Gasteiger partial charge in [0.1, 0.15) is 12.2 Å². The first-order chi connectivity index (χ1) is 27.3. The molecule has 0 aromatic rings. The van der Waals surface area contributed by atoms with Crippen LogP contribution in [0.2, 0.25) is 0 Å². The highest BCUT2D eigenvalue weighted by molar-refractivity contribution is 5.70. The summed E-state index contributed by atoms with van der Waals surface area (Å²) in [4.78, 5) is 23.3. The average Bonchev–Trinajstić information content (AvgIpc) is 3.16. The molecule has 0 amide bonds. The molecule has 334 valence electrons. The molecule has 0 radical (unpaired) electrons. The third kappa shape index (κ3) is 48.6. The Morgan fingerprint density at radius 3 is 0.893 bits per heavy atom. The Morgan fingerprint density at radius 1 is 0.321 bits per heavy atom. The summed E-state index contributed by atoms with van der Waals surface area (Å²) in [6.07, 6.45) is 7.62. The minimum atomic E-state index is -0.478. The number of hydrogen-bond donors (Lipinski definition) is 0. The number of carbonyl (C=O) groups is 2. The Kier molecular flexibility index (Phi) is 43.3. The maximum Gasteiger partial charge on any atom is 0.308 e. The lowest BCUT2D eigenvalue weighted by molar-refractivity contribution is -0.156. The molecule has 0 unspecified atom stereocenters. The highest BCUT2D eigenvalue weighted by Crippen LogP contribution is 2.08. The second kappa shape index (κ2) is 44.6. The molecule has 56 heavy (non-hydrogen) atoms. The van der Waals surface area contributed by atoms with Gasteiger partial charge in [-0.25, -0.2) is 0 Å². The molecule has 0 N–H and O–H groups in total. The van der Waals surface area contributed by atoms with Gasteiger partial charge in [0, 0.05) is 6.42 Å². The van der Waals surface area contributed by atoms with Crippen LogP contribution in [0.3, 0.4) is 0 Å². The fourth-order valence-electron chi connectivity index (χ4n) is 4.41. The SMILES string of the molecule is CCCCCCCCC(=O)OCCOCCOCCOCCOCCOCCOCCOCCOCCOCCOCCOCCOCCC(=O)OC(C)(C)C. The van der Waals surface area contributed by atoms with E-state index in [1.54, 1.807) is 0 Å². The van der Waals surface area contributed by atoms with Crippen LogP contribution in [0.4, 0.5) is 0 Å².